The zero-order chi connectivity index (χ0) is 18.0. The Morgan fingerprint density at radius 3 is 2.04 bits per heavy atom. The average molecular weight is 339 g/mol. The number of halogens is 3. The number of Topliss-reactive ketones (excluding diaryl/α,β-unsaturated/α-hetero) is 1. The van der Waals surface area contributed by atoms with Gasteiger partial charge in [0, 0.05) is 5.56 Å². The minimum Gasteiger partial charge on any atom is -0.422 e. The van der Waals surface area contributed by atoms with Crippen LogP contribution in [0.5, 0.6) is 5.75 Å². The number of carbonyl (C=O) groups is 1. The predicted octanol–water partition coefficient (Wildman–Crippen LogP) is 3.96. The number of carbonyl (C=O) groups excluding carboxylic acids is 1. The number of rotatable bonds is 5. The summed E-state index contributed by atoms with van der Waals surface area (Å²) in [4.78, 5) is 22.8. The zero-order valence-corrected chi connectivity index (χ0v) is 12.4. The Kier molecular flexibility index (Phi) is 4.59. The van der Waals surface area contributed by atoms with E-state index in [0.717, 1.165) is 31.2 Å². The Labute approximate surface area is 134 Å². The largest absolute Gasteiger partial charge is 0.424 e. The Balaban J connectivity index is 2.31. The molecule has 0 aromatic heterocycles. The van der Waals surface area contributed by atoms with E-state index in [-0.39, 0.29) is 11.3 Å². The molecule has 5 nitrogen and oxygen atoms in total. The topological polar surface area (TPSA) is 69.4 Å². The smallest absolute Gasteiger partial charge is 0.422 e. The number of hydrogen-bond acceptors (Lipinski definition) is 4. The monoisotopic (exact) mass is 339 g/mol. The van der Waals surface area contributed by atoms with E-state index < -0.39 is 28.2 Å². The summed E-state index contributed by atoms with van der Waals surface area (Å²) in [5.41, 5.74) is -3.32. The molecular weight excluding hydrogens is 327 g/mol. The van der Waals surface area contributed by atoms with Crippen LogP contribution in [0.1, 0.15) is 22.8 Å². The fourth-order valence-electron chi connectivity index (χ4n) is 1.97. The number of benzene rings is 2. The number of nitro groups is 1. The highest BCUT2D eigenvalue weighted by Crippen LogP contribution is 2.31. The molecule has 0 N–H and O–H groups in total. The third kappa shape index (κ3) is 3.53. The summed E-state index contributed by atoms with van der Waals surface area (Å²) in [7, 11) is 0. The third-order valence-electron chi connectivity index (χ3n) is 3.30. The summed E-state index contributed by atoms with van der Waals surface area (Å²) in [5.74, 6) is -1.13. The molecule has 0 spiro atoms. The van der Waals surface area contributed by atoms with Gasteiger partial charge in [0.05, 0.1) is 17.4 Å². The highest BCUT2D eigenvalue weighted by molar-refractivity contribution is 6.01. The average Bonchev–Trinajstić information content (AvgIpc) is 2.54. The van der Waals surface area contributed by atoms with Crippen molar-refractivity contribution in [2.75, 3.05) is 0 Å². The molecule has 0 saturated carbocycles. The molecule has 2 aromatic carbocycles. The molecule has 0 amide bonds. The fourth-order valence-corrected chi connectivity index (χ4v) is 1.97. The lowest BCUT2D eigenvalue weighted by Crippen LogP contribution is -2.49. The number of ketones is 1. The van der Waals surface area contributed by atoms with Gasteiger partial charge in [-0.2, -0.15) is 13.2 Å². The van der Waals surface area contributed by atoms with E-state index in [9.17, 15) is 28.1 Å². The lowest BCUT2D eigenvalue weighted by molar-refractivity contribution is -0.588. The van der Waals surface area contributed by atoms with Gasteiger partial charge in [-0.15, -0.1) is 0 Å². The molecule has 0 saturated heterocycles. The lowest BCUT2D eigenvalue weighted by Gasteiger charge is -2.21. The molecule has 0 heterocycles. The SMILES string of the molecule is CC(Oc1ccc(C(F)(F)F)cc1)(C(=O)c1ccccc1)[N+](=O)[O-]. The number of ether oxygens (including phenoxy) is 1. The van der Waals surface area contributed by atoms with E-state index in [4.69, 9.17) is 4.74 Å². The molecule has 0 fully saturated rings. The van der Waals surface area contributed by atoms with Crippen LogP contribution in [0.15, 0.2) is 54.6 Å². The van der Waals surface area contributed by atoms with E-state index in [1.54, 1.807) is 6.07 Å². The maximum Gasteiger partial charge on any atom is 0.424 e. The number of alkyl halides is 3. The van der Waals surface area contributed by atoms with Gasteiger partial charge in [-0.3, -0.25) is 14.9 Å². The minimum atomic E-state index is -4.54. The summed E-state index contributed by atoms with van der Waals surface area (Å²) < 4.78 is 42.7. The molecule has 1 atom stereocenters. The number of nitrogens with zero attached hydrogens (tertiary/aromatic N) is 1. The molecule has 2 rings (SSSR count). The van der Waals surface area contributed by atoms with Gasteiger partial charge in [0.2, 0.25) is 0 Å². The minimum absolute atomic E-state index is 0.0589. The number of hydrogen-bond donors (Lipinski definition) is 0. The van der Waals surface area contributed by atoms with Crippen molar-refractivity contribution < 1.29 is 27.6 Å². The first-order valence-electron chi connectivity index (χ1n) is 6.75. The van der Waals surface area contributed by atoms with Crippen LogP contribution in [0, 0.1) is 10.1 Å². The molecule has 24 heavy (non-hydrogen) atoms. The van der Waals surface area contributed by atoms with Crippen molar-refractivity contribution in [3.63, 3.8) is 0 Å². The zero-order valence-electron chi connectivity index (χ0n) is 12.4. The molecule has 0 bridgehead atoms. The predicted molar refractivity (Wildman–Crippen MR) is 78.2 cm³/mol. The molecule has 0 aliphatic heterocycles. The highest BCUT2D eigenvalue weighted by Gasteiger charge is 2.49. The van der Waals surface area contributed by atoms with E-state index in [1.807, 2.05) is 0 Å². The maximum absolute atomic E-state index is 12.5. The molecule has 8 heteroatoms. The Morgan fingerprint density at radius 1 is 1.04 bits per heavy atom. The first-order chi connectivity index (χ1) is 11.1. The summed E-state index contributed by atoms with van der Waals surface area (Å²) in [6.45, 7) is 0.958. The molecular formula is C16H12F3NO4. The molecule has 126 valence electrons. The maximum atomic E-state index is 12.5. The molecule has 0 radical (unpaired) electrons. The van der Waals surface area contributed by atoms with Crippen LogP contribution in [0.3, 0.4) is 0 Å². The molecule has 0 aliphatic rings. The van der Waals surface area contributed by atoms with Gasteiger partial charge in [-0.1, -0.05) is 30.3 Å². The van der Waals surface area contributed by atoms with Crippen molar-refractivity contribution in [2.45, 2.75) is 18.8 Å². The summed E-state index contributed by atoms with van der Waals surface area (Å²) in [5, 5.41) is 11.3. The van der Waals surface area contributed by atoms with Crippen LogP contribution in [0.2, 0.25) is 0 Å². The van der Waals surface area contributed by atoms with Crippen molar-refractivity contribution in [2.24, 2.45) is 0 Å². The molecule has 2 aromatic rings. The lowest BCUT2D eigenvalue weighted by atomic mass is 10.0. The normalized spacial score (nSPS) is 13.8. The van der Waals surface area contributed by atoms with Gasteiger partial charge in [0.1, 0.15) is 5.75 Å². The summed E-state index contributed by atoms with van der Waals surface area (Å²) in [6.07, 6.45) is -4.54. The van der Waals surface area contributed by atoms with Crippen LogP contribution in [-0.2, 0) is 6.18 Å². The quantitative estimate of drug-likeness (QED) is 0.358. The van der Waals surface area contributed by atoms with E-state index in [1.165, 1.54) is 24.3 Å². The van der Waals surface area contributed by atoms with Gasteiger partial charge in [0.25, 0.3) is 5.78 Å². The van der Waals surface area contributed by atoms with Crippen LogP contribution in [0.4, 0.5) is 13.2 Å². The second-order valence-electron chi connectivity index (χ2n) is 5.06. The van der Waals surface area contributed by atoms with Crippen molar-refractivity contribution in [1.29, 1.82) is 0 Å². The van der Waals surface area contributed by atoms with Crippen molar-refractivity contribution in [1.82, 2.24) is 0 Å². The van der Waals surface area contributed by atoms with E-state index in [0.29, 0.717) is 0 Å². The van der Waals surface area contributed by atoms with Crippen molar-refractivity contribution in [3.05, 3.63) is 75.8 Å². The highest BCUT2D eigenvalue weighted by atomic mass is 19.4. The van der Waals surface area contributed by atoms with Gasteiger partial charge in [-0.05, 0) is 24.3 Å². The van der Waals surface area contributed by atoms with Gasteiger partial charge in [-0.25, -0.2) is 0 Å². The van der Waals surface area contributed by atoms with Crippen LogP contribution < -0.4 is 4.74 Å². The van der Waals surface area contributed by atoms with Crippen LogP contribution in [0.25, 0.3) is 0 Å². The first-order valence-corrected chi connectivity index (χ1v) is 6.75. The van der Waals surface area contributed by atoms with Gasteiger partial charge >= 0.3 is 11.9 Å². The molecule has 1 unspecified atom stereocenters. The second-order valence-corrected chi connectivity index (χ2v) is 5.06. The standard InChI is InChI=1S/C16H12F3NO4/c1-15(20(22)23,14(21)11-5-3-2-4-6-11)24-13-9-7-12(8-10-13)16(17,18)19/h2-10H,1H3. The molecule has 0 aliphatic carbocycles. The Bertz CT molecular complexity index is 744. The van der Waals surface area contributed by atoms with Crippen molar-refractivity contribution >= 4 is 5.78 Å². The van der Waals surface area contributed by atoms with E-state index in [2.05, 4.69) is 0 Å². The van der Waals surface area contributed by atoms with Crippen LogP contribution in [-0.4, -0.2) is 16.4 Å². The summed E-state index contributed by atoms with van der Waals surface area (Å²) >= 11 is 0. The van der Waals surface area contributed by atoms with Crippen molar-refractivity contribution in [3.8, 4) is 5.75 Å². The summed E-state index contributed by atoms with van der Waals surface area (Å²) in [6, 6.07) is 10.8. The third-order valence-corrected chi connectivity index (χ3v) is 3.30. The van der Waals surface area contributed by atoms with E-state index >= 15 is 0 Å². The first kappa shape index (κ1) is 17.5. The second kappa shape index (κ2) is 6.31. The van der Waals surface area contributed by atoms with Gasteiger partial charge in [0.15, 0.2) is 0 Å². The van der Waals surface area contributed by atoms with Crippen LogP contribution >= 0.6 is 0 Å². The Morgan fingerprint density at radius 2 is 1.58 bits per heavy atom. The fraction of sp³-hybridized carbons (Fsp3) is 0.188. The Hall–Kier alpha value is -2.90. The van der Waals surface area contributed by atoms with Gasteiger partial charge < -0.3 is 4.74 Å².